The van der Waals surface area contributed by atoms with E-state index in [0.717, 1.165) is 35.1 Å². The van der Waals surface area contributed by atoms with Crippen LogP contribution in [0.15, 0.2) is 54.6 Å². The molecule has 0 atom stereocenters. The molecule has 1 fully saturated rings. The van der Waals surface area contributed by atoms with Gasteiger partial charge in [0.25, 0.3) is 5.91 Å². The maximum Gasteiger partial charge on any atom is 0.265 e. The molecule has 2 aromatic carbocycles. The molecule has 1 aliphatic rings. The first-order chi connectivity index (χ1) is 14.1. The van der Waals surface area contributed by atoms with Gasteiger partial charge in [-0.3, -0.25) is 9.69 Å². The zero-order chi connectivity index (χ0) is 20.2. The molecule has 0 bridgehead atoms. The number of nitrogens with zero attached hydrogens (tertiary/aromatic N) is 3. The molecule has 0 spiro atoms. The maximum atomic E-state index is 13.9. The lowest BCUT2D eigenvalue weighted by molar-refractivity contribution is 0.0631. The number of piperazine rings is 1. The lowest BCUT2D eigenvalue weighted by Gasteiger charge is -2.34. The fraction of sp³-hybridized carbons (Fsp3) is 0.304. The van der Waals surface area contributed by atoms with Gasteiger partial charge in [-0.15, -0.1) is 11.3 Å². The molecular weight excluding hydrogens is 385 g/mol. The van der Waals surface area contributed by atoms with Crippen molar-refractivity contribution in [1.82, 2.24) is 14.8 Å². The van der Waals surface area contributed by atoms with E-state index < -0.39 is 0 Å². The van der Waals surface area contributed by atoms with Crippen LogP contribution in [0.4, 0.5) is 4.39 Å². The summed E-state index contributed by atoms with van der Waals surface area (Å²) in [6, 6.07) is 17.1. The number of benzene rings is 2. The van der Waals surface area contributed by atoms with Gasteiger partial charge in [0, 0.05) is 44.7 Å². The summed E-state index contributed by atoms with van der Waals surface area (Å²) in [5, 5.41) is 0.968. The Morgan fingerprint density at radius 1 is 1.03 bits per heavy atom. The quantitative estimate of drug-likeness (QED) is 0.636. The summed E-state index contributed by atoms with van der Waals surface area (Å²) < 4.78 is 13.9. The Hall–Kier alpha value is -2.57. The van der Waals surface area contributed by atoms with E-state index in [1.54, 1.807) is 6.07 Å². The molecule has 0 unspecified atom stereocenters. The molecule has 1 aromatic heterocycles. The first-order valence-electron chi connectivity index (χ1n) is 9.85. The van der Waals surface area contributed by atoms with Gasteiger partial charge < -0.3 is 4.90 Å². The van der Waals surface area contributed by atoms with E-state index in [0.29, 0.717) is 25.2 Å². The molecule has 1 amide bonds. The topological polar surface area (TPSA) is 36.4 Å². The second-order valence-electron chi connectivity index (χ2n) is 7.34. The van der Waals surface area contributed by atoms with Gasteiger partial charge in [0.15, 0.2) is 0 Å². The lowest BCUT2D eigenvalue weighted by Crippen LogP contribution is -2.48. The number of thiazole rings is 1. The Bertz CT molecular complexity index is 981. The number of hydrogen-bond acceptors (Lipinski definition) is 4. The fourth-order valence-electron chi connectivity index (χ4n) is 3.62. The van der Waals surface area contributed by atoms with Crippen LogP contribution in [0.3, 0.4) is 0 Å². The molecule has 1 aliphatic heterocycles. The Morgan fingerprint density at radius 3 is 2.45 bits per heavy atom. The van der Waals surface area contributed by atoms with Crippen LogP contribution in [0.5, 0.6) is 0 Å². The van der Waals surface area contributed by atoms with Crippen molar-refractivity contribution in [1.29, 1.82) is 0 Å². The molecule has 3 aromatic rings. The summed E-state index contributed by atoms with van der Waals surface area (Å²) in [4.78, 5) is 22.5. The van der Waals surface area contributed by atoms with E-state index in [1.165, 1.54) is 23.0 Å². The zero-order valence-corrected chi connectivity index (χ0v) is 17.3. The minimum Gasteiger partial charge on any atom is -0.335 e. The third-order valence-electron chi connectivity index (χ3n) is 5.24. The molecule has 0 aliphatic carbocycles. The van der Waals surface area contributed by atoms with Gasteiger partial charge in [0.2, 0.25) is 0 Å². The van der Waals surface area contributed by atoms with Gasteiger partial charge >= 0.3 is 0 Å². The van der Waals surface area contributed by atoms with Crippen molar-refractivity contribution >= 4 is 17.2 Å². The summed E-state index contributed by atoms with van der Waals surface area (Å²) in [6.07, 6.45) is 0.746. The van der Waals surface area contributed by atoms with Gasteiger partial charge in [-0.25, -0.2) is 9.37 Å². The average molecular weight is 410 g/mol. The lowest BCUT2D eigenvalue weighted by atomic mass is 10.2. The second-order valence-corrected chi connectivity index (χ2v) is 8.43. The van der Waals surface area contributed by atoms with Crippen LogP contribution in [0.2, 0.25) is 0 Å². The molecule has 4 nitrogen and oxygen atoms in total. The summed E-state index contributed by atoms with van der Waals surface area (Å²) in [7, 11) is 0. The highest BCUT2D eigenvalue weighted by Crippen LogP contribution is 2.23. The van der Waals surface area contributed by atoms with Crippen molar-refractivity contribution in [2.24, 2.45) is 0 Å². The van der Waals surface area contributed by atoms with Crippen molar-refractivity contribution in [2.75, 3.05) is 26.2 Å². The van der Waals surface area contributed by atoms with E-state index in [2.05, 4.69) is 22.0 Å². The van der Waals surface area contributed by atoms with E-state index in [4.69, 9.17) is 0 Å². The van der Waals surface area contributed by atoms with Crippen LogP contribution >= 0.6 is 11.3 Å². The van der Waals surface area contributed by atoms with Crippen LogP contribution in [-0.4, -0.2) is 46.9 Å². The molecule has 29 heavy (non-hydrogen) atoms. The Labute approximate surface area is 174 Å². The molecule has 0 radical (unpaired) electrons. The van der Waals surface area contributed by atoms with Gasteiger partial charge in [0.1, 0.15) is 10.7 Å². The number of aromatic nitrogens is 1. The number of halogens is 1. The van der Waals surface area contributed by atoms with E-state index in [9.17, 15) is 9.18 Å². The third-order valence-corrected chi connectivity index (χ3v) is 6.39. The summed E-state index contributed by atoms with van der Waals surface area (Å²) >= 11 is 1.50. The molecular formula is C23H24FN3OS. The number of amides is 1. The number of rotatable bonds is 5. The second kappa shape index (κ2) is 8.84. The number of carbonyl (C=O) groups excluding carboxylic acids is 1. The first kappa shape index (κ1) is 19.7. The minimum atomic E-state index is -0.169. The van der Waals surface area contributed by atoms with Crippen molar-refractivity contribution < 1.29 is 9.18 Å². The normalized spacial score (nSPS) is 14.9. The molecule has 4 rings (SSSR count). The predicted octanol–water partition coefficient (Wildman–Crippen LogP) is 4.14. The van der Waals surface area contributed by atoms with Crippen LogP contribution in [0.25, 0.3) is 0 Å². The van der Waals surface area contributed by atoms with Gasteiger partial charge in [-0.2, -0.15) is 0 Å². The highest BCUT2D eigenvalue weighted by molar-refractivity contribution is 7.13. The van der Waals surface area contributed by atoms with E-state index >= 15 is 0 Å². The fourth-order valence-corrected chi connectivity index (χ4v) is 4.68. The summed E-state index contributed by atoms with van der Waals surface area (Å²) in [6.45, 7) is 5.28. The maximum absolute atomic E-state index is 13.9. The molecule has 1 saturated heterocycles. The largest absolute Gasteiger partial charge is 0.335 e. The van der Waals surface area contributed by atoms with Crippen molar-refractivity contribution in [3.05, 3.63) is 87.1 Å². The highest BCUT2D eigenvalue weighted by atomic mass is 32.1. The Balaban J connectivity index is 1.36. The highest BCUT2D eigenvalue weighted by Gasteiger charge is 2.25. The van der Waals surface area contributed by atoms with Crippen LogP contribution in [0.1, 0.15) is 31.5 Å². The molecule has 0 saturated carbocycles. The van der Waals surface area contributed by atoms with E-state index in [1.807, 2.05) is 42.2 Å². The molecule has 0 N–H and O–H groups in total. The Kier molecular flexibility index (Phi) is 6.02. The van der Waals surface area contributed by atoms with Gasteiger partial charge in [0.05, 0.1) is 10.7 Å². The summed E-state index contributed by atoms with van der Waals surface area (Å²) in [5.74, 6) is -0.109. The van der Waals surface area contributed by atoms with Gasteiger partial charge in [-0.1, -0.05) is 48.5 Å². The van der Waals surface area contributed by atoms with Crippen molar-refractivity contribution in [3.8, 4) is 0 Å². The molecule has 2 heterocycles. The minimum absolute atomic E-state index is 0.0600. The molecule has 6 heteroatoms. The molecule has 150 valence electrons. The first-order valence-corrected chi connectivity index (χ1v) is 10.7. The summed E-state index contributed by atoms with van der Waals surface area (Å²) in [5.41, 5.74) is 2.71. The smallest absolute Gasteiger partial charge is 0.265 e. The number of aryl methyl sites for hydroxylation is 1. The average Bonchev–Trinajstić information content (AvgIpc) is 3.10. The predicted molar refractivity (Wildman–Crippen MR) is 114 cm³/mol. The van der Waals surface area contributed by atoms with Crippen LogP contribution in [-0.2, 0) is 13.0 Å². The number of hydrogen-bond donors (Lipinski definition) is 0. The van der Waals surface area contributed by atoms with E-state index in [-0.39, 0.29) is 11.7 Å². The third kappa shape index (κ3) is 4.71. The number of carbonyl (C=O) groups is 1. The van der Waals surface area contributed by atoms with Crippen LogP contribution in [0, 0.1) is 12.7 Å². The van der Waals surface area contributed by atoms with Crippen molar-refractivity contribution in [3.63, 3.8) is 0 Å². The van der Waals surface area contributed by atoms with Crippen LogP contribution < -0.4 is 0 Å². The van der Waals surface area contributed by atoms with Crippen molar-refractivity contribution in [2.45, 2.75) is 19.9 Å². The monoisotopic (exact) mass is 409 g/mol. The van der Waals surface area contributed by atoms with Gasteiger partial charge in [-0.05, 0) is 18.6 Å². The zero-order valence-electron chi connectivity index (χ0n) is 16.5. The standard InChI is InChI=1S/C23H24FN3OS/c1-17-22(29-21(25-17)15-18-7-3-2-4-8-18)23(28)27-13-11-26(12-14-27)16-19-9-5-6-10-20(19)24/h2-10H,11-16H2,1H3. The SMILES string of the molecule is Cc1nc(Cc2ccccc2)sc1C(=O)N1CCN(Cc2ccccc2F)CC1. The Morgan fingerprint density at radius 2 is 1.72 bits per heavy atom.